The van der Waals surface area contributed by atoms with Crippen molar-refractivity contribution >= 4 is 46.5 Å². The van der Waals surface area contributed by atoms with Crippen molar-refractivity contribution in [2.24, 2.45) is 0 Å². The van der Waals surface area contributed by atoms with Crippen molar-refractivity contribution in [3.63, 3.8) is 0 Å². The van der Waals surface area contributed by atoms with Gasteiger partial charge in [-0.3, -0.25) is 0 Å². The summed E-state index contributed by atoms with van der Waals surface area (Å²) in [6.07, 6.45) is 4.52. The number of pyridine rings is 1. The second-order valence-electron chi connectivity index (χ2n) is 6.12. The number of rotatable bonds is 1. The van der Waals surface area contributed by atoms with E-state index in [0.717, 1.165) is 24.8 Å². The van der Waals surface area contributed by atoms with Crippen molar-refractivity contribution in [2.75, 3.05) is 5.32 Å². The number of benzene rings is 1. The third-order valence-electron chi connectivity index (χ3n) is 4.71. The number of hydrogen-bond acceptors (Lipinski definition) is 2. The molecule has 2 aliphatic heterocycles. The molecule has 2 amide bonds. The maximum atomic E-state index is 12.8. The second-order valence-corrected chi connectivity index (χ2v) is 7.32. The summed E-state index contributed by atoms with van der Waals surface area (Å²) in [6, 6.07) is 7.09. The minimum absolute atomic E-state index is 0.0475. The minimum Gasteiger partial charge on any atom is -0.314 e. The number of carbonyl (C=O) groups is 1. The normalized spacial score (nSPS) is 21.5. The molecule has 0 unspecified atom stereocenters. The van der Waals surface area contributed by atoms with Crippen molar-refractivity contribution in [1.82, 2.24) is 9.88 Å². The van der Waals surface area contributed by atoms with Crippen molar-refractivity contribution in [3.05, 3.63) is 56.8 Å². The molecule has 0 radical (unpaired) electrons. The Labute approximate surface area is 154 Å². The number of nitrogens with one attached hydrogen (secondary N) is 1. The molecule has 0 spiro atoms. The molecule has 7 heteroatoms. The lowest BCUT2D eigenvalue weighted by Crippen LogP contribution is -2.44. The molecule has 24 heavy (non-hydrogen) atoms. The van der Waals surface area contributed by atoms with Crippen molar-refractivity contribution in [2.45, 2.75) is 31.3 Å². The number of fused-ring (bicyclic) bond motifs is 4. The number of urea groups is 1. The van der Waals surface area contributed by atoms with Gasteiger partial charge in [0.15, 0.2) is 0 Å². The Hall–Kier alpha value is -1.49. The number of halogens is 3. The standard InChI is InChI=1S/C17H14Cl3N3O/c18-13-3-1-10(7-14(13)19)22-17(24)23-11-2-4-15(23)12-8-21-16(20)6-9(12)5-11/h1,3,6-8,11,15H,2,4-5H2,(H,22,24)/t11-,15+/m0/s1. The van der Waals surface area contributed by atoms with Gasteiger partial charge in [0.25, 0.3) is 0 Å². The molecule has 4 nitrogen and oxygen atoms in total. The van der Waals surface area contributed by atoms with Crippen LogP contribution in [0.2, 0.25) is 15.2 Å². The van der Waals surface area contributed by atoms with Crippen LogP contribution in [0.15, 0.2) is 30.5 Å². The van der Waals surface area contributed by atoms with Gasteiger partial charge in [-0.1, -0.05) is 34.8 Å². The van der Waals surface area contributed by atoms with Crippen LogP contribution in [0.5, 0.6) is 0 Å². The Morgan fingerprint density at radius 1 is 1.17 bits per heavy atom. The van der Waals surface area contributed by atoms with E-state index in [2.05, 4.69) is 10.3 Å². The van der Waals surface area contributed by atoms with Gasteiger partial charge in [0.2, 0.25) is 0 Å². The van der Waals surface area contributed by atoms with Gasteiger partial charge in [0.05, 0.1) is 16.1 Å². The maximum absolute atomic E-state index is 12.8. The van der Waals surface area contributed by atoms with Gasteiger partial charge >= 0.3 is 6.03 Å². The number of aromatic nitrogens is 1. The van der Waals surface area contributed by atoms with Crippen molar-refractivity contribution in [1.29, 1.82) is 0 Å². The fraction of sp³-hybridized carbons (Fsp3) is 0.294. The highest BCUT2D eigenvalue weighted by Gasteiger charge is 2.42. The molecule has 1 aromatic heterocycles. The van der Waals surface area contributed by atoms with E-state index in [-0.39, 0.29) is 18.1 Å². The first-order chi connectivity index (χ1) is 11.5. The minimum atomic E-state index is -0.124. The Morgan fingerprint density at radius 2 is 2.00 bits per heavy atom. The first kappa shape index (κ1) is 16.0. The molecule has 4 rings (SSSR count). The molecule has 0 aliphatic carbocycles. The zero-order chi connectivity index (χ0) is 16.8. The predicted octanol–water partition coefficient (Wildman–Crippen LogP) is 5.34. The zero-order valence-corrected chi connectivity index (χ0v) is 14.9. The van der Waals surface area contributed by atoms with E-state index in [4.69, 9.17) is 34.8 Å². The Balaban J connectivity index is 1.59. The third-order valence-corrected chi connectivity index (χ3v) is 5.66. The fourth-order valence-corrected chi connectivity index (χ4v) is 4.15. The van der Waals surface area contributed by atoms with Crippen LogP contribution in [-0.4, -0.2) is 22.0 Å². The fourth-order valence-electron chi connectivity index (χ4n) is 3.67. The van der Waals surface area contributed by atoms with Gasteiger partial charge in [0, 0.05) is 17.9 Å². The summed E-state index contributed by atoms with van der Waals surface area (Å²) in [5.41, 5.74) is 2.92. The molecule has 2 aromatic rings. The van der Waals surface area contributed by atoms with Gasteiger partial charge in [-0.05, 0) is 54.7 Å². The third kappa shape index (κ3) is 2.73. The topological polar surface area (TPSA) is 45.2 Å². The molecule has 1 saturated heterocycles. The van der Waals surface area contributed by atoms with Crippen LogP contribution in [0.1, 0.15) is 30.0 Å². The molecule has 124 valence electrons. The first-order valence-electron chi connectivity index (χ1n) is 7.71. The van der Waals surface area contributed by atoms with Crippen LogP contribution >= 0.6 is 34.8 Å². The van der Waals surface area contributed by atoms with Gasteiger partial charge in [0.1, 0.15) is 5.15 Å². The van der Waals surface area contributed by atoms with E-state index in [1.54, 1.807) is 24.4 Å². The highest BCUT2D eigenvalue weighted by molar-refractivity contribution is 6.42. The summed E-state index contributed by atoms with van der Waals surface area (Å²) in [5, 5.41) is 4.30. The van der Waals surface area contributed by atoms with Crippen LogP contribution in [0, 0.1) is 0 Å². The van der Waals surface area contributed by atoms with E-state index < -0.39 is 0 Å². The highest BCUT2D eigenvalue weighted by Crippen LogP contribution is 2.44. The van der Waals surface area contributed by atoms with E-state index in [1.165, 1.54) is 5.56 Å². The highest BCUT2D eigenvalue weighted by atomic mass is 35.5. The zero-order valence-electron chi connectivity index (χ0n) is 12.6. The molecule has 1 N–H and O–H groups in total. The summed E-state index contributed by atoms with van der Waals surface area (Å²) in [4.78, 5) is 18.9. The average Bonchev–Trinajstić information content (AvgIpc) is 2.86. The second kappa shape index (κ2) is 6.10. The quantitative estimate of drug-likeness (QED) is 0.677. The number of anilines is 1. The Bertz CT molecular complexity index is 827. The number of nitrogens with zero attached hydrogens (tertiary/aromatic N) is 2. The number of amides is 2. The lowest BCUT2D eigenvalue weighted by Gasteiger charge is -2.36. The Kier molecular flexibility index (Phi) is 4.07. The van der Waals surface area contributed by atoms with Crippen LogP contribution < -0.4 is 5.32 Å². The number of hydrogen-bond donors (Lipinski definition) is 1. The van der Waals surface area contributed by atoms with E-state index in [0.29, 0.717) is 20.9 Å². The first-order valence-corrected chi connectivity index (χ1v) is 8.85. The molecular formula is C17H14Cl3N3O. The monoisotopic (exact) mass is 381 g/mol. The largest absolute Gasteiger partial charge is 0.322 e. The molecule has 2 bridgehead atoms. The molecule has 2 aliphatic rings. The summed E-state index contributed by atoms with van der Waals surface area (Å²) in [5.74, 6) is 0. The van der Waals surface area contributed by atoms with Gasteiger partial charge in [-0.25, -0.2) is 9.78 Å². The smallest absolute Gasteiger partial charge is 0.314 e. The van der Waals surface area contributed by atoms with Crippen molar-refractivity contribution in [3.8, 4) is 0 Å². The van der Waals surface area contributed by atoms with E-state index >= 15 is 0 Å². The summed E-state index contributed by atoms with van der Waals surface area (Å²) in [6.45, 7) is 0. The maximum Gasteiger partial charge on any atom is 0.322 e. The molecule has 0 saturated carbocycles. The lowest BCUT2D eigenvalue weighted by molar-refractivity contribution is 0.179. The van der Waals surface area contributed by atoms with E-state index in [1.807, 2.05) is 11.0 Å². The summed E-state index contributed by atoms with van der Waals surface area (Å²) in [7, 11) is 0. The van der Waals surface area contributed by atoms with Gasteiger partial charge in [-0.15, -0.1) is 0 Å². The van der Waals surface area contributed by atoms with Gasteiger partial charge in [-0.2, -0.15) is 0 Å². The summed E-state index contributed by atoms with van der Waals surface area (Å²) < 4.78 is 0. The Morgan fingerprint density at radius 3 is 2.79 bits per heavy atom. The molecule has 2 atom stereocenters. The van der Waals surface area contributed by atoms with Crippen LogP contribution in [-0.2, 0) is 6.42 Å². The average molecular weight is 383 g/mol. The van der Waals surface area contributed by atoms with Crippen LogP contribution in [0.25, 0.3) is 0 Å². The molecule has 1 aromatic carbocycles. The number of carbonyl (C=O) groups excluding carboxylic acids is 1. The van der Waals surface area contributed by atoms with Crippen LogP contribution in [0.4, 0.5) is 10.5 Å². The van der Waals surface area contributed by atoms with E-state index in [9.17, 15) is 4.79 Å². The predicted molar refractivity (Wildman–Crippen MR) is 96.0 cm³/mol. The molecule has 1 fully saturated rings. The van der Waals surface area contributed by atoms with Gasteiger partial charge < -0.3 is 10.2 Å². The molecule has 3 heterocycles. The summed E-state index contributed by atoms with van der Waals surface area (Å²) >= 11 is 17.9. The lowest BCUT2D eigenvalue weighted by atomic mass is 9.95. The van der Waals surface area contributed by atoms with Crippen molar-refractivity contribution < 1.29 is 4.79 Å². The van der Waals surface area contributed by atoms with Crippen LogP contribution in [0.3, 0.4) is 0 Å². The SMILES string of the molecule is O=C(Nc1ccc(Cl)c(Cl)c1)N1[C@H]2CC[C@@H]1c1cnc(Cl)cc1C2. The molecular weight excluding hydrogens is 369 g/mol.